The number of hydrogen-bond donors (Lipinski definition) is 1. The van der Waals surface area contributed by atoms with E-state index in [-0.39, 0.29) is 11.9 Å². The second kappa shape index (κ2) is 7.85. The van der Waals surface area contributed by atoms with E-state index in [1.807, 2.05) is 24.3 Å². The number of amides is 1. The van der Waals surface area contributed by atoms with Gasteiger partial charge in [-0.15, -0.1) is 0 Å². The minimum atomic E-state index is 0.0379. The molecule has 1 aliphatic carbocycles. The summed E-state index contributed by atoms with van der Waals surface area (Å²) in [6.07, 6.45) is 6.04. The second-order valence-corrected chi connectivity index (χ2v) is 7.02. The van der Waals surface area contributed by atoms with Crippen molar-refractivity contribution in [1.29, 1.82) is 0 Å². The van der Waals surface area contributed by atoms with Gasteiger partial charge in [0.1, 0.15) is 0 Å². The highest BCUT2D eigenvalue weighted by atomic mass is 35.5. The Balaban J connectivity index is 1.57. The average Bonchev–Trinajstić information content (AvgIpc) is 2.60. The number of halogens is 1. The third-order valence-electron chi connectivity index (χ3n) is 4.83. The summed E-state index contributed by atoms with van der Waals surface area (Å²) >= 11 is 6.15. The molecule has 1 atom stereocenters. The first kappa shape index (κ1) is 17.0. The molecular formula is C21H24ClNO. The number of hydrogen-bond acceptors (Lipinski definition) is 1. The van der Waals surface area contributed by atoms with E-state index in [1.165, 1.54) is 36.0 Å². The maximum atomic E-state index is 12.2. The molecule has 0 saturated carbocycles. The molecule has 0 aliphatic heterocycles. The molecule has 2 aromatic carbocycles. The van der Waals surface area contributed by atoms with Crippen molar-refractivity contribution < 1.29 is 4.79 Å². The van der Waals surface area contributed by atoms with E-state index in [1.54, 1.807) is 0 Å². The molecule has 1 amide bonds. The monoisotopic (exact) mass is 341 g/mol. The van der Waals surface area contributed by atoms with Crippen LogP contribution in [-0.2, 0) is 24.1 Å². The van der Waals surface area contributed by atoms with Crippen LogP contribution < -0.4 is 5.32 Å². The van der Waals surface area contributed by atoms with Gasteiger partial charge in [-0.25, -0.2) is 0 Å². The van der Waals surface area contributed by atoms with Crippen LogP contribution in [0.4, 0.5) is 0 Å². The van der Waals surface area contributed by atoms with Crippen LogP contribution in [0.15, 0.2) is 42.5 Å². The highest BCUT2D eigenvalue weighted by molar-refractivity contribution is 6.31. The molecule has 3 heteroatoms. The summed E-state index contributed by atoms with van der Waals surface area (Å²) in [5.74, 6) is 0.0696. The lowest BCUT2D eigenvalue weighted by Crippen LogP contribution is -2.27. The van der Waals surface area contributed by atoms with Crippen LogP contribution in [0.3, 0.4) is 0 Å². The van der Waals surface area contributed by atoms with Gasteiger partial charge in [0.2, 0.25) is 5.91 Å². The Morgan fingerprint density at radius 1 is 1.12 bits per heavy atom. The third kappa shape index (κ3) is 4.18. The molecule has 0 unspecified atom stereocenters. The molecule has 2 aromatic rings. The molecule has 24 heavy (non-hydrogen) atoms. The van der Waals surface area contributed by atoms with Gasteiger partial charge in [-0.1, -0.05) is 48.0 Å². The number of carbonyl (C=O) groups is 1. The summed E-state index contributed by atoms with van der Waals surface area (Å²) in [7, 11) is 0. The third-order valence-corrected chi connectivity index (χ3v) is 5.20. The van der Waals surface area contributed by atoms with Crippen molar-refractivity contribution in [3.8, 4) is 0 Å². The van der Waals surface area contributed by atoms with Gasteiger partial charge in [0, 0.05) is 11.4 Å². The van der Waals surface area contributed by atoms with Crippen LogP contribution in [-0.4, -0.2) is 5.91 Å². The molecule has 0 aromatic heterocycles. The first-order valence-corrected chi connectivity index (χ1v) is 9.16. The Morgan fingerprint density at radius 2 is 1.88 bits per heavy atom. The molecule has 0 bridgehead atoms. The zero-order valence-corrected chi connectivity index (χ0v) is 14.9. The number of aryl methyl sites for hydroxylation is 3. The van der Waals surface area contributed by atoms with Crippen molar-refractivity contribution >= 4 is 17.5 Å². The zero-order chi connectivity index (χ0) is 16.9. The Hall–Kier alpha value is -1.80. The van der Waals surface area contributed by atoms with Crippen LogP contribution in [0.25, 0.3) is 0 Å². The standard InChI is InChI=1S/C21H24ClNO/c1-15(18-11-10-16-6-2-3-8-19(16)14-18)23-21(24)13-12-17-7-4-5-9-20(17)22/h4-5,7,9-11,14-15H,2-3,6,8,12-13H2,1H3,(H,23,24)/t15-/m0/s1. The number of carbonyl (C=O) groups excluding carboxylic acids is 1. The van der Waals surface area contributed by atoms with Crippen molar-refractivity contribution in [2.24, 2.45) is 0 Å². The average molecular weight is 342 g/mol. The summed E-state index contributed by atoms with van der Waals surface area (Å²) in [4.78, 5) is 12.2. The number of rotatable bonds is 5. The predicted octanol–water partition coefficient (Wildman–Crippen LogP) is 5.03. The van der Waals surface area contributed by atoms with E-state index in [0.29, 0.717) is 12.8 Å². The van der Waals surface area contributed by atoms with E-state index < -0.39 is 0 Å². The van der Waals surface area contributed by atoms with Gasteiger partial charge in [-0.3, -0.25) is 4.79 Å². The van der Waals surface area contributed by atoms with E-state index in [9.17, 15) is 4.79 Å². The van der Waals surface area contributed by atoms with Crippen LogP contribution in [0.1, 0.15) is 54.5 Å². The van der Waals surface area contributed by atoms with E-state index in [0.717, 1.165) is 17.0 Å². The molecule has 0 fully saturated rings. The fourth-order valence-electron chi connectivity index (χ4n) is 3.37. The molecule has 1 aliphatic rings. The summed E-state index contributed by atoms with van der Waals surface area (Å²) in [6, 6.07) is 14.4. The van der Waals surface area contributed by atoms with Crippen molar-refractivity contribution in [3.05, 3.63) is 69.7 Å². The quantitative estimate of drug-likeness (QED) is 0.812. The molecule has 0 radical (unpaired) electrons. The molecule has 126 valence electrons. The zero-order valence-electron chi connectivity index (χ0n) is 14.1. The van der Waals surface area contributed by atoms with Crippen LogP contribution in [0.2, 0.25) is 5.02 Å². The van der Waals surface area contributed by atoms with Crippen molar-refractivity contribution in [2.75, 3.05) is 0 Å². The van der Waals surface area contributed by atoms with Gasteiger partial charge in [-0.05, 0) is 67.3 Å². The maximum absolute atomic E-state index is 12.2. The number of benzene rings is 2. The highest BCUT2D eigenvalue weighted by Crippen LogP contribution is 2.25. The van der Waals surface area contributed by atoms with Crippen LogP contribution >= 0.6 is 11.6 Å². The first-order valence-electron chi connectivity index (χ1n) is 8.78. The molecule has 1 N–H and O–H groups in total. The number of nitrogens with one attached hydrogen (secondary N) is 1. The lowest BCUT2D eigenvalue weighted by atomic mass is 9.89. The summed E-state index contributed by atoms with van der Waals surface area (Å²) < 4.78 is 0. The van der Waals surface area contributed by atoms with Gasteiger partial charge < -0.3 is 5.32 Å². The molecule has 0 saturated heterocycles. The fourth-order valence-corrected chi connectivity index (χ4v) is 3.60. The molecule has 3 rings (SSSR count). The van der Waals surface area contributed by atoms with Crippen molar-refractivity contribution in [2.45, 2.75) is 51.5 Å². The van der Waals surface area contributed by atoms with Gasteiger partial charge in [-0.2, -0.15) is 0 Å². The molecule has 0 heterocycles. The fraction of sp³-hybridized carbons (Fsp3) is 0.381. The van der Waals surface area contributed by atoms with Crippen molar-refractivity contribution in [1.82, 2.24) is 5.32 Å². The molecular weight excluding hydrogens is 318 g/mol. The van der Waals surface area contributed by atoms with Gasteiger partial charge in [0.25, 0.3) is 0 Å². The van der Waals surface area contributed by atoms with Crippen molar-refractivity contribution in [3.63, 3.8) is 0 Å². The minimum absolute atomic E-state index is 0.0379. The highest BCUT2D eigenvalue weighted by Gasteiger charge is 2.14. The SMILES string of the molecule is C[C@H](NC(=O)CCc1ccccc1Cl)c1ccc2c(c1)CCCC2. The molecule has 0 spiro atoms. The second-order valence-electron chi connectivity index (χ2n) is 6.62. The first-order chi connectivity index (χ1) is 11.6. The minimum Gasteiger partial charge on any atom is -0.350 e. The maximum Gasteiger partial charge on any atom is 0.220 e. The summed E-state index contributed by atoms with van der Waals surface area (Å²) in [5, 5.41) is 3.84. The van der Waals surface area contributed by atoms with Gasteiger partial charge in [0.05, 0.1) is 6.04 Å². The van der Waals surface area contributed by atoms with E-state index in [2.05, 4.69) is 30.4 Å². The van der Waals surface area contributed by atoms with Crippen LogP contribution in [0, 0.1) is 0 Å². The normalized spacial score (nSPS) is 14.8. The Bertz CT molecular complexity index is 726. The largest absolute Gasteiger partial charge is 0.350 e. The van der Waals surface area contributed by atoms with E-state index >= 15 is 0 Å². The summed E-state index contributed by atoms with van der Waals surface area (Å²) in [5.41, 5.74) is 5.15. The summed E-state index contributed by atoms with van der Waals surface area (Å²) in [6.45, 7) is 2.05. The van der Waals surface area contributed by atoms with Gasteiger partial charge >= 0.3 is 0 Å². The lowest BCUT2D eigenvalue weighted by molar-refractivity contribution is -0.121. The lowest BCUT2D eigenvalue weighted by Gasteiger charge is -2.20. The van der Waals surface area contributed by atoms with E-state index in [4.69, 9.17) is 11.6 Å². The number of fused-ring (bicyclic) bond motifs is 1. The predicted molar refractivity (Wildman–Crippen MR) is 99.4 cm³/mol. The smallest absolute Gasteiger partial charge is 0.220 e. The van der Waals surface area contributed by atoms with Gasteiger partial charge in [0.15, 0.2) is 0 Å². The Morgan fingerprint density at radius 3 is 2.67 bits per heavy atom. The van der Waals surface area contributed by atoms with Crippen LogP contribution in [0.5, 0.6) is 0 Å². The Kier molecular flexibility index (Phi) is 5.57. The Labute approximate surface area is 149 Å². The topological polar surface area (TPSA) is 29.1 Å². The molecule has 2 nitrogen and oxygen atoms in total.